The number of halogens is 5. The van der Waals surface area contributed by atoms with Gasteiger partial charge in [0.25, 0.3) is 12.3 Å². The van der Waals surface area contributed by atoms with Crippen LogP contribution in [0.15, 0.2) is 40.9 Å². The minimum absolute atomic E-state index is 0.0167. The number of allylic oxidation sites excluding steroid dienone is 3. The predicted molar refractivity (Wildman–Crippen MR) is 100 cm³/mol. The van der Waals surface area contributed by atoms with E-state index in [1.54, 1.807) is 0 Å². The Morgan fingerprint density at radius 1 is 1.43 bits per heavy atom. The molecule has 28 heavy (non-hydrogen) atoms. The van der Waals surface area contributed by atoms with E-state index in [0.29, 0.717) is 5.70 Å². The van der Waals surface area contributed by atoms with Gasteiger partial charge in [0.05, 0.1) is 16.6 Å². The molecule has 1 aromatic rings. The van der Waals surface area contributed by atoms with Gasteiger partial charge in [-0.1, -0.05) is 23.2 Å². The van der Waals surface area contributed by atoms with E-state index in [0.717, 1.165) is 0 Å². The normalized spacial score (nSPS) is 17.4. The molecule has 1 amide bonds. The zero-order chi connectivity index (χ0) is 20.7. The monoisotopic (exact) mass is 436 g/mol. The summed E-state index contributed by atoms with van der Waals surface area (Å²) in [7, 11) is 0. The molecule has 0 aliphatic heterocycles. The number of aliphatic imine (C=N–C) groups is 1. The van der Waals surface area contributed by atoms with Crippen LogP contribution in [-0.4, -0.2) is 42.9 Å². The molecule has 1 atom stereocenters. The van der Waals surface area contributed by atoms with E-state index < -0.39 is 30.7 Å². The lowest BCUT2D eigenvalue weighted by atomic mass is 9.97. The lowest BCUT2D eigenvalue weighted by molar-refractivity contribution is 0.0321. The molecule has 152 valence electrons. The van der Waals surface area contributed by atoms with Crippen LogP contribution in [-0.2, 0) is 4.74 Å². The Morgan fingerprint density at radius 3 is 2.86 bits per heavy atom. The van der Waals surface area contributed by atoms with E-state index in [-0.39, 0.29) is 41.1 Å². The maximum Gasteiger partial charge on any atom is 0.275 e. The second-order valence-electron chi connectivity index (χ2n) is 5.82. The molecule has 2 rings (SSSR count). The van der Waals surface area contributed by atoms with Crippen LogP contribution in [0.2, 0.25) is 10.0 Å². The third-order valence-electron chi connectivity index (χ3n) is 3.61. The fraction of sp³-hybridized carbons (Fsp3) is 0.353. The largest absolute Gasteiger partial charge is 0.386 e. The highest BCUT2D eigenvalue weighted by atomic mass is 35.5. The summed E-state index contributed by atoms with van der Waals surface area (Å²) in [5.74, 6) is -1.69. The van der Waals surface area contributed by atoms with Crippen molar-refractivity contribution >= 4 is 34.9 Å². The minimum atomic E-state index is -2.61. The molecule has 0 bridgehead atoms. The number of amides is 1. The number of pyridine rings is 1. The summed E-state index contributed by atoms with van der Waals surface area (Å²) in [6.45, 7) is -1.06. The Kier molecular flexibility index (Phi) is 8.28. The molecule has 0 fully saturated rings. The van der Waals surface area contributed by atoms with E-state index in [4.69, 9.17) is 28.9 Å². The molecule has 0 aromatic carbocycles. The highest BCUT2D eigenvalue weighted by molar-refractivity contribution is 6.36. The van der Waals surface area contributed by atoms with Crippen molar-refractivity contribution in [2.45, 2.75) is 12.8 Å². The molecule has 1 aromatic heterocycles. The van der Waals surface area contributed by atoms with Gasteiger partial charge in [-0.25, -0.2) is 18.2 Å². The third-order valence-corrected chi connectivity index (χ3v) is 4.10. The molecule has 1 aliphatic carbocycles. The number of alkyl halides is 2. The Hall–Kier alpha value is -2.10. The molecule has 1 aliphatic rings. The summed E-state index contributed by atoms with van der Waals surface area (Å²) in [5, 5.41) is 2.99. The van der Waals surface area contributed by atoms with E-state index in [1.807, 2.05) is 0 Å². The number of carbonyl (C=O) groups is 1. The molecule has 1 heterocycles. The third kappa shape index (κ3) is 6.81. The topological polar surface area (TPSA) is 89.6 Å². The van der Waals surface area contributed by atoms with Gasteiger partial charge >= 0.3 is 0 Å². The zero-order valence-electron chi connectivity index (χ0n) is 14.5. The number of nitrogens with one attached hydrogen (secondary N) is 1. The summed E-state index contributed by atoms with van der Waals surface area (Å²) in [6, 6.07) is 1.39. The van der Waals surface area contributed by atoms with Gasteiger partial charge < -0.3 is 15.8 Å². The number of hydrogen-bond acceptors (Lipinski definition) is 4. The molecule has 0 radical (unpaired) electrons. The molecular formula is C17H17Cl2F3N4O2. The van der Waals surface area contributed by atoms with Gasteiger partial charge in [-0.3, -0.25) is 9.79 Å². The minimum Gasteiger partial charge on any atom is -0.386 e. The van der Waals surface area contributed by atoms with Crippen LogP contribution in [0.5, 0.6) is 0 Å². The van der Waals surface area contributed by atoms with Crippen LogP contribution in [0.25, 0.3) is 0 Å². The molecule has 0 spiro atoms. The van der Waals surface area contributed by atoms with E-state index >= 15 is 0 Å². The van der Waals surface area contributed by atoms with Gasteiger partial charge in [0.15, 0.2) is 0 Å². The number of amidine groups is 1. The fourth-order valence-corrected chi connectivity index (χ4v) is 2.77. The summed E-state index contributed by atoms with van der Waals surface area (Å²) in [4.78, 5) is 20.1. The van der Waals surface area contributed by atoms with Crippen molar-refractivity contribution in [1.29, 1.82) is 0 Å². The van der Waals surface area contributed by atoms with E-state index in [2.05, 4.69) is 20.0 Å². The van der Waals surface area contributed by atoms with E-state index in [1.165, 1.54) is 24.4 Å². The highest BCUT2D eigenvalue weighted by Gasteiger charge is 2.22. The maximum absolute atomic E-state index is 14.0. The smallest absolute Gasteiger partial charge is 0.275 e. The first kappa shape index (κ1) is 22.2. The lowest BCUT2D eigenvalue weighted by Gasteiger charge is -2.20. The predicted octanol–water partition coefficient (Wildman–Crippen LogP) is 3.51. The van der Waals surface area contributed by atoms with Crippen molar-refractivity contribution in [3.8, 4) is 0 Å². The Morgan fingerprint density at radius 2 is 2.18 bits per heavy atom. The Bertz CT molecular complexity index is 816. The van der Waals surface area contributed by atoms with Crippen LogP contribution in [0.1, 0.15) is 16.9 Å². The Balaban J connectivity index is 1.93. The molecule has 0 saturated carbocycles. The van der Waals surface area contributed by atoms with E-state index in [9.17, 15) is 18.0 Å². The van der Waals surface area contributed by atoms with Crippen molar-refractivity contribution < 1.29 is 22.7 Å². The second-order valence-corrected chi connectivity index (χ2v) is 6.66. The van der Waals surface area contributed by atoms with Crippen molar-refractivity contribution in [3.05, 3.63) is 51.7 Å². The number of nitrogens with two attached hydrogens (primary N) is 1. The average Bonchev–Trinajstić information content (AvgIpc) is 2.61. The van der Waals surface area contributed by atoms with Gasteiger partial charge in [-0.05, 0) is 24.6 Å². The maximum atomic E-state index is 14.0. The van der Waals surface area contributed by atoms with Gasteiger partial charge in [0.2, 0.25) is 0 Å². The molecule has 3 N–H and O–H groups in total. The first-order valence-electron chi connectivity index (χ1n) is 8.09. The van der Waals surface area contributed by atoms with Crippen molar-refractivity contribution in [3.63, 3.8) is 0 Å². The first-order chi connectivity index (χ1) is 13.3. The number of nitrogens with zero attached hydrogens (tertiary/aromatic N) is 2. The molecule has 1 unspecified atom stereocenters. The van der Waals surface area contributed by atoms with Gasteiger partial charge in [0.1, 0.15) is 30.6 Å². The summed E-state index contributed by atoms with van der Waals surface area (Å²) in [6.07, 6.45) is 1.46. The number of carbonyl (C=O) groups excluding carboxylic acids is 1. The highest BCUT2D eigenvalue weighted by Crippen LogP contribution is 2.26. The van der Waals surface area contributed by atoms with Crippen molar-refractivity contribution in [2.75, 3.05) is 19.8 Å². The van der Waals surface area contributed by atoms with Crippen molar-refractivity contribution in [2.24, 2.45) is 16.6 Å². The number of rotatable bonds is 8. The molecular weight excluding hydrogens is 420 g/mol. The van der Waals surface area contributed by atoms with Crippen LogP contribution in [0.4, 0.5) is 13.2 Å². The standard InChI is InChI=1S/C17H17Cl2F3N4O2/c18-10-4-12(19)16(25-6-10)17(27)26-11-1-2-13(20)9(3-11)5-24-15(23)8-28-7-14(21)22/h1-2,4,6,9,14H,3,5,7-8H2,(H2,23,24)(H,26,27). The van der Waals surface area contributed by atoms with Gasteiger partial charge in [0, 0.05) is 17.8 Å². The first-order valence-corrected chi connectivity index (χ1v) is 8.85. The zero-order valence-corrected chi connectivity index (χ0v) is 16.0. The summed E-state index contributed by atoms with van der Waals surface area (Å²) in [5.41, 5.74) is 5.98. The fourth-order valence-electron chi connectivity index (χ4n) is 2.30. The van der Waals surface area contributed by atoms with Gasteiger partial charge in [-0.15, -0.1) is 0 Å². The van der Waals surface area contributed by atoms with Crippen LogP contribution in [0.3, 0.4) is 0 Å². The molecule has 6 nitrogen and oxygen atoms in total. The van der Waals surface area contributed by atoms with Crippen LogP contribution in [0, 0.1) is 5.92 Å². The quantitative estimate of drug-likeness (QED) is 0.481. The SMILES string of the molecule is NC(COCC(F)F)=NCC1CC(NC(=O)c2ncc(Cl)cc2Cl)=CC=C1F. The van der Waals surface area contributed by atoms with Crippen LogP contribution >= 0.6 is 23.2 Å². The Labute approximate surface area is 169 Å². The lowest BCUT2D eigenvalue weighted by Crippen LogP contribution is -2.28. The summed E-state index contributed by atoms with van der Waals surface area (Å²) >= 11 is 11.7. The number of ether oxygens (including phenoxy) is 1. The van der Waals surface area contributed by atoms with Gasteiger partial charge in [-0.2, -0.15) is 0 Å². The number of hydrogen-bond donors (Lipinski definition) is 2. The summed E-state index contributed by atoms with van der Waals surface area (Å²) < 4.78 is 42.7. The van der Waals surface area contributed by atoms with Crippen molar-refractivity contribution in [1.82, 2.24) is 10.3 Å². The number of aromatic nitrogens is 1. The molecule has 0 saturated heterocycles. The average molecular weight is 437 g/mol. The molecule has 11 heteroatoms. The van der Waals surface area contributed by atoms with Crippen LogP contribution < -0.4 is 11.1 Å². The second kappa shape index (κ2) is 10.4.